The summed E-state index contributed by atoms with van der Waals surface area (Å²) in [5.41, 5.74) is 0.935. The quantitative estimate of drug-likeness (QED) is 0.831. The fourth-order valence-corrected chi connectivity index (χ4v) is 1.18. The predicted octanol–water partition coefficient (Wildman–Crippen LogP) is 1.43. The molecule has 0 spiro atoms. The molecule has 92 valence electrons. The number of methoxy groups -OCH3 is 1. The van der Waals surface area contributed by atoms with Crippen molar-refractivity contribution in [3.05, 3.63) is 29.8 Å². The molecule has 1 rings (SSSR count). The van der Waals surface area contributed by atoms with Crippen LogP contribution in [0.4, 0.5) is 4.79 Å². The second-order valence-electron chi connectivity index (χ2n) is 3.43. The molecule has 0 saturated heterocycles. The average molecular weight is 236 g/mol. The summed E-state index contributed by atoms with van der Waals surface area (Å²) in [5.74, 6) is 0.469. The summed E-state index contributed by atoms with van der Waals surface area (Å²) in [6.45, 7) is 2.05. The summed E-state index contributed by atoms with van der Waals surface area (Å²) in [7, 11) is 1.59. The third-order valence-corrected chi connectivity index (χ3v) is 2.19. The zero-order valence-corrected chi connectivity index (χ0v) is 9.95. The number of hydrogen-bond donors (Lipinski definition) is 2. The minimum absolute atomic E-state index is 0.288. The summed E-state index contributed by atoms with van der Waals surface area (Å²) in [5, 5.41) is 4.80. The molecule has 0 heterocycles. The van der Waals surface area contributed by atoms with Crippen molar-refractivity contribution < 1.29 is 14.3 Å². The molecule has 3 amide bonds. The van der Waals surface area contributed by atoms with Gasteiger partial charge in [-0.15, -0.1) is 0 Å². The Morgan fingerprint density at radius 1 is 1.24 bits per heavy atom. The van der Waals surface area contributed by atoms with Gasteiger partial charge in [-0.05, 0) is 17.7 Å². The van der Waals surface area contributed by atoms with Gasteiger partial charge in [0.1, 0.15) is 5.75 Å². The Morgan fingerprint density at radius 3 is 2.41 bits per heavy atom. The molecule has 0 atom stereocenters. The van der Waals surface area contributed by atoms with Gasteiger partial charge in [0, 0.05) is 13.0 Å². The first-order valence-electron chi connectivity index (χ1n) is 5.36. The molecule has 0 aliphatic heterocycles. The van der Waals surface area contributed by atoms with Crippen molar-refractivity contribution in [2.24, 2.45) is 0 Å². The lowest BCUT2D eigenvalue weighted by Crippen LogP contribution is -2.38. The van der Waals surface area contributed by atoms with Crippen LogP contribution in [0.15, 0.2) is 24.3 Å². The van der Waals surface area contributed by atoms with Crippen LogP contribution < -0.4 is 15.4 Å². The molecule has 0 aliphatic carbocycles. The maximum absolute atomic E-state index is 11.2. The molecule has 17 heavy (non-hydrogen) atoms. The van der Waals surface area contributed by atoms with Crippen molar-refractivity contribution in [2.45, 2.75) is 19.9 Å². The molecule has 5 nitrogen and oxygen atoms in total. The maximum atomic E-state index is 11.2. The highest BCUT2D eigenvalue weighted by molar-refractivity contribution is 5.94. The maximum Gasteiger partial charge on any atom is 0.321 e. The fourth-order valence-electron chi connectivity index (χ4n) is 1.18. The summed E-state index contributed by atoms with van der Waals surface area (Å²) in [6.07, 6.45) is 0.288. The number of imide groups is 1. The minimum atomic E-state index is -0.479. The van der Waals surface area contributed by atoms with Crippen LogP contribution in [0, 0.1) is 0 Å². The largest absolute Gasteiger partial charge is 0.497 e. The van der Waals surface area contributed by atoms with Gasteiger partial charge in [-0.25, -0.2) is 4.79 Å². The van der Waals surface area contributed by atoms with E-state index < -0.39 is 6.03 Å². The lowest BCUT2D eigenvalue weighted by Gasteiger charge is -2.06. The van der Waals surface area contributed by atoms with Crippen molar-refractivity contribution in [2.75, 3.05) is 7.11 Å². The number of ether oxygens (including phenoxy) is 1. The Bertz CT molecular complexity index is 387. The SMILES string of the molecule is CCC(=O)NC(=O)NCc1ccc(OC)cc1. The third-order valence-electron chi connectivity index (χ3n) is 2.19. The summed E-state index contributed by atoms with van der Waals surface area (Å²) in [4.78, 5) is 22.2. The Hall–Kier alpha value is -2.04. The molecule has 2 N–H and O–H groups in total. The van der Waals surface area contributed by atoms with E-state index in [0.29, 0.717) is 6.54 Å². The first kappa shape index (κ1) is 13.0. The van der Waals surface area contributed by atoms with Crippen LogP contribution in [-0.2, 0) is 11.3 Å². The molecule has 0 unspecified atom stereocenters. The molecule has 0 aliphatic rings. The van der Waals surface area contributed by atoms with Gasteiger partial charge in [0.25, 0.3) is 0 Å². The third kappa shape index (κ3) is 4.55. The smallest absolute Gasteiger partial charge is 0.321 e. The van der Waals surface area contributed by atoms with Crippen LogP contribution in [0.5, 0.6) is 5.75 Å². The van der Waals surface area contributed by atoms with E-state index in [0.717, 1.165) is 11.3 Å². The monoisotopic (exact) mass is 236 g/mol. The van der Waals surface area contributed by atoms with Gasteiger partial charge >= 0.3 is 6.03 Å². The molecular formula is C12H16N2O3. The zero-order valence-electron chi connectivity index (χ0n) is 9.95. The van der Waals surface area contributed by atoms with Gasteiger partial charge in [-0.2, -0.15) is 0 Å². The standard InChI is InChI=1S/C12H16N2O3/c1-3-11(15)14-12(16)13-8-9-4-6-10(17-2)7-5-9/h4-7H,3,8H2,1-2H3,(H2,13,14,15,16). The molecule has 0 fully saturated rings. The lowest BCUT2D eigenvalue weighted by molar-refractivity contribution is -0.119. The van der Waals surface area contributed by atoms with E-state index in [4.69, 9.17) is 4.74 Å². The summed E-state index contributed by atoms with van der Waals surface area (Å²) >= 11 is 0. The van der Waals surface area contributed by atoms with E-state index in [1.54, 1.807) is 14.0 Å². The van der Waals surface area contributed by atoms with Crippen molar-refractivity contribution >= 4 is 11.9 Å². The highest BCUT2D eigenvalue weighted by atomic mass is 16.5. The molecule has 0 radical (unpaired) electrons. The molecule has 0 aromatic heterocycles. The fraction of sp³-hybridized carbons (Fsp3) is 0.333. The van der Waals surface area contributed by atoms with Crippen LogP contribution in [-0.4, -0.2) is 19.0 Å². The summed E-state index contributed by atoms with van der Waals surface area (Å²) in [6, 6.07) is 6.84. The number of benzene rings is 1. The van der Waals surface area contributed by atoms with Gasteiger partial charge < -0.3 is 10.1 Å². The van der Waals surface area contributed by atoms with E-state index in [2.05, 4.69) is 10.6 Å². The van der Waals surface area contributed by atoms with Crippen LogP contribution >= 0.6 is 0 Å². The molecule has 5 heteroatoms. The van der Waals surface area contributed by atoms with Crippen LogP contribution in [0.2, 0.25) is 0 Å². The Balaban J connectivity index is 2.39. The van der Waals surface area contributed by atoms with E-state index in [9.17, 15) is 9.59 Å². The highest BCUT2D eigenvalue weighted by Crippen LogP contribution is 2.10. The normalized spacial score (nSPS) is 9.53. The molecule has 1 aromatic carbocycles. The van der Waals surface area contributed by atoms with Crippen molar-refractivity contribution in [1.82, 2.24) is 10.6 Å². The molecular weight excluding hydrogens is 220 g/mol. The van der Waals surface area contributed by atoms with Gasteiger partial charge in [0.2, 0.25) is 5.91 Å². The van der Waals surface area contributed by atoms with E-state index in [-0.39, 0.29) is 12.3 Å². The van der Waals surface area contributed by atoms with Gasteiger partial charge in [-0.1, -0.05) is 19.1 Å². The number of urea groups is 1. The van der Waals surface area contributed by atoms with E-state index >= 15 is 0 Å². The number of carbonyl (C=O) groups is 2. The number of rotatable bonds is 4. The summed E-state index contributed by atoms with van der Waals surface area (Å²) < 4.78 is 5.02. The van der Waals surface area contributed by atoms with Crippen molar-refractivity contribution in [1.29, 1.82) is 0 Å². The van der Waals surface area contributed by atoms with Gasteiger partial charge in [0.15, 0.2) is 0 Å². The number of carbonyl (C=O) groups excluding carboxylic acids is 2. The number of hydrogen-bond acceptors (Lipinski definition) is 3. The number of nitrogens with one attached hydrogen (secondary N) is 2. The Kier molecular flexibility index (Phi) is 5.00. The van der Waals surface area contributed by atoms with Gasteiger partial charge in [0.05, 0.1) is 7.11 Å². The molecule has 0 saturated carbocycles. The van der Waals surface area contributed by atoms with Crippen LogP contribution in [0.3, 0.4) is 0 Å². The second-order valence-corrected chi connectivity index (χ2v) is 3.43. The van der Waals surface area contributed by atoms with Crippen molar-refractivity contribution in [3.8, 4) is 5.75 Å². The van der Waals surface area contributed by atoms with E-state index in [1.165, 1.54) is 0 Å². The zero-order chi connectivity index (χ0) is 12.7. The topological polar surface area (TPSA) is 67.4 Å². The second kappa shape index (κ2) is 6.52. The Labute approximate surface area is 100 Å². The Morgan fingerprint density at radius 2 is 1.88 bits per heavy atom. The first-order chi connectivity index (χ1) is 8.15. The molecule has 1 aromatic rings. The first-order valence-corrected chi connectivity index (χ1v) is 5.36. The average Bonchev–Trinajstić information content (AvgIpc) is 2.36. The van der Waals surface area contributed by atoms with Crippen LogP contribution in [0.1, 0.15) is 18.9 Å². The van der Waals surface area contributed by atoms with Gasteiger partial charge in [-0.3, -0.25) is 10.1 Å². The highest BCUT2D eigenvalue weighted by Gasteiger charge is 2.04. The number of amides is 3. The minimum Gasteiger partial charge on any atom is -0.497 e. The molecule has 0 bridgehead atoms. The lowest BCUT2D eigenvalue weighted by atomic mass is 10.2. The van der Waals surface area contributed by atoms with E-state index in [1.807, 2.05) is 24.3 Å². The van der Waals surface area contributed by atoms with Crippen LogP contribution in [0.25, 0.3) is 0 Å². The van der Waals surface area contributed by atoms with Crippen molar-refractivity contribution in [3.63, 3.8) is 0 Å². The predicted molar refractivity (Wildman–Crippen MR) is 63.7 cm³/mol.